The van der Waals surface area contributed by atoms with Crippen molar-refractivity contribution < 1.29 is 44.3 Å². The second-order valence-electron chi connectivity index (χ2n) is 8.28. The zero-order chi connectivity index (χ0) is 23.7. The first-order chi connectivity index (χ1) is 16.5. The van der Waals surface area contributed by atoms with Crippen LogP contribution >= 0.6 is 0 Å². The standard InChI is InChI=1S/C27H24N4O3.Na/c1-30-23(17-28-24(30)26(33)34)29-25(32)22-18-31(22)27(19-11-5-2-6-12-19,20-13-7-3-8-14-20)21-15-9-4-10-16-21;/h2-17,22H,18H2,1H3,(H,29,32)(H,33,34);/q;+1/p-1/t22-,31-;/m1./s1. The van der Waals surface area contributed by atoms with Crippen LogP contribution in [-0.4, -0.2) is 38.9 Å². The van der Waals surface area contributed by atoms with Crippen molar-refractivity contribution in [2.75, 3.05) is 11.9 Å². The van der Waals surface area contributed by atoms with Gasteiger partial charge in [0.2, 0.25) is 5.91 Å². The monoisotopic (exact) mass is 474 g/mol. The summed E-state index contributed by atoms with van der Waals surface area (Å²) in [4.78, 5) is 30.5. The van der Waals surface area contributed by atoms with E-state index in [1.54, 1.807) is 0 Å². The maximum absolute atomic E-state index is 13.3. The van der Waals surface area contributed by atoms with Crippen LogP contribution in [0.4, 0.5) is 5.82 Å². The van der Waals surface area contributed by atoms with Crippen LogP contribution in [0.5, 0.6) is 0 Å². The van der Waals surface area contributed by atoms with Crippen LogP contribution in [-0.2, 0) is 17.4 Å². The van der Waals surface area contributed by atoms with E-state index in [1.165, 1.54) is 17.8 Å². The third-order valence-electron chi connectivity index (χ3n) is 6.34. The molecule has 0 bridgehead atoms. The smallest absolute Gasteiger partial charge is 0.542 e. The number of rotatable bonds is 7. The van der Waals surface area contributed by atoms with E-state index in [1.807, 2.05) is 54.6 Å². The normalized spacial score (nSPS) is 16.7. The number of imidazole rings is 1. The van der Waals surface area contributed by atoms with Crippen molar-refractivity contribution in [3.63, 3.8) is 0 Å². The predicted molar refractivity (Wildman–Crippen MR) is 126 cm³/mol. The summed E-state index contributed by atoms with van der Waals surface area (Å²) in [5.41, 5.74) is 2.50. The summed E-state index contributed by atoms with van der Waals surface area (Å²) in [5.74, 6) is -1.55. The van der Waals surface area contributed by atoms with E-state index in [4.69, 9.17) is 0 Å². The van der Waals surface area contributed by atoms with E-state index in [9.17, 15) is 14.7 Å². The second-order valence-corrected chi connectivity index (χ2v) is 8.28. The third kappa shape index (κ3) is 4.44. The van der Waals surface area contributed by atoms with Gasteiger partial charge in [0.1, 0.15) is 17.8 Å². The minimum Gasteiger partial charge on any atom is -0.542 e. The van der Waals surface area contributed by atoms with Crippen LogP contribution < -0.4 is 40.0 Å². The molecule has 3 aromatic carbocycles. The average molecular weight is 474 g/mol. The van der Waals surface area contributed by atoms with Crippen molar-refractivity contribution in [1.29, 1.82) is 0 Å². The van der Waals surface area contributed by atoms with E-state index < -0.39 is 17.6 Å². The summed E-state index contributed by atoms with van der Waals surface area (Å²) in [6.07, 6.45) is 1.33. The van der Waals surface area contributed by atoms with Gasteiger partial charge in [-0.15, -0.1) is 0 Å². The number of nitrogens with zero attached hydrogens (tertiary/aromatic N) is 3. The minimum absolute atomic E-state index is 0. The summed E-state index contributed by atoms with van der Waals surface area (Å²) in [6.45, 7) is 0.537. The molecule has 2 atom stereocenters. The largest absolute Gasteiger partial charge is 1.00 e. The Morgan fingerprint density at radius 2 is 1.34 bits per heavy atom. The first-order valence-electron chi connectivity index (χ1n) is 11.0. The average Bonchev–Trinajstić information content (AvgIpc) is 3.59. The molecule has 0 radical (unpaired) electrons. The van der Waals surface area contributed by atoms with Crippen LogP contribution in [0.2, 0.25) is 0 Å². The van der Waals surface area contributed by atoms with Gasteiger partial charge in [-0.05, 0) is 16.7 Å². The Labute approximate surface area is 225 Å². The molecule has 1 aliphatic heterocycles. The van der Waals surface area contributed by atoms with Gasteiger partial charge in [-0.2, -0.15) is 0 Å². The van der Waals surface area contributed by atoms with E-state index in [0.717, 1.165) is 16.7 Å². The second kappa shape index (κ2) is 10.2. The summed E-state index contributed by atoms with van der Waals surface area (Å²) in [7, 11) is 1.53. The molecule has 8 heteroatoms. The van der Waals surface area contributed by atoms with Crippen molar-refractivity contribution in [3.8, 4) is 0 Å². The first-order valence-corrected chi connectivity index (χ1v) is 11.0. The van der Waals surface area contributed by atoms with E-state index in [-0.39, 0.29) is 41.3 Å². The third-order valence-corrected chi connectivity index (χ3v) is 6.34. The Hall–Kier alpha value is -3.23. The number of anilines is 1. The summed E-state index contributed by atoms with van der Waals surface area (Å²) < 4.78 is 1.30. The number of benzene rings is 3. The van der Waals surface area contributed by atoms with Crippen LogP contribution in [0.15, 0.2) is 97.2 Å². The van der Waals surface area contributed by atoms with E-state index >= 15 is 0 Å². The van der Waals surface area contributed by atoms with Gasteiger partial charge in [0, 0.05) is 13.6 Å². The van der Waals surface area contributed by atoms with Crippen molar-refractivity contribution in [2.45, 2.75) is 11.6 Å². The Morgan fingerprint density at radius 1 is 0.886 bits per heavy atom. The molecule has 0 aliphatic carbocycles. The van der Waals surface area contributed by atoms with Crippen LogP contribution in [0, 0.1) is 0 Å². The Bertz CT molecular complexity index is 1230. The van der Waals surface area contributed by atoms with E-state index in [2.05, 4.69) is 51.6 Å². The number of carbonyl (C=O) groups is 2. The molecule has 5 rings (SSSR count). The molecule has 1 saturated heterocycles. The molecular formula is C27H23N4NaO3. The molecule has 0 spiro atoms. The van der Waals surface area contributed by atoms with Crippen molar-refractivity contribution >= 4 is 17.7 Å². The van der Waals surface area contributed by atoms with Gasteiger partial charge in [0.05, 0.1) is 11.7 Å². The molecule has 4 aromatic rings. The first kappa shape index (κ1) is 24.9. The molecule has 7 nitrogen and oxygen atoms in total. The molecule has 1 aromatic heterocycles. The van der Waals surface area contributed by atoms with Crippen LogP contribution in [0.1, 0.15) is 27.3 Å². The maximum atomic E-state index is 13.3. The van der Waals surface area contributed by atoms with Gasteiger partial charge in [-0.3, -0.25) is 9.69 Å². The van der Waals surface area contributed by atoms with Crippen molar-refractivity contribution in [1.82, 2.24) is 14.5 Å². The Balaban J connectivity index is 0.00000289. The van der Waals surface area contributed by atoms with Gasteiger partial charge in [-0.25, -0.2) is 4.98 Å². The van der Waals surface area contributed by atoms with Crippen molar-refractivity contribution in [3.05, 3.63) is 120 Å². The quantitative estimate of drug-likeness (QED) is 0.220. The zero-order valence-corrected chi connectivity index (χ0v) is 21.6. The molecule has 35 heavy (non-hydrogen) atoms. The zero-order valence-electron chi connectivity index (χ0n) is 19.6. The number of carboxylic acids is 1. The molecule has 1 N–H and O–H groups in total. The number of aromatic carboxylic acids is 1. The van der Waals surface area contributed by atoms with Gasteiger partial charge >= 0.3 is 29.6 Å². The summed E-state index contributed by atoms with van der Waals surface area (Å²) in [5, 5.41) is 14.0. The molecule has 0 saturated carbocycles. The van der Waals surface area contributed by atoms with Gasteiger partial charge in [0.25, 0.3) is 0 Å². The van der Waals surface area contributed by atoms with Gasteiger partial charge in [0.15, 0.2) is 5.82 Å². The fourth-order valence-corrected chi connectivity index (χ4v) is 4.69. The molecule has 1 aliphatic rings. The SMILES string of the molecule is Cn1c(NC(=O)[C@H]2C[N@@]2C(c2ccccc2)(c2ccccc2)c2ccccc2)cnc1C(=O)[O-].[Na+]. The number of carboxylic acid groups (broad SMARTS) is 1. The number of hydrogen-bond donors (Lipinski definition) is 1. The number of nitrogens with one attached hydrogen (secondary N) is 1. The topological polar surface area (TPSA) is 90.1 Å². The molecule has 0 unspecified atom stereocenters. The molecule has 170 valence electrons. The molecule has 1 amide bonds. The summed E-state index contributed by atoms with van der Waals surface area (Å²) in [6, 6.07) is 30.1. The number of amides is 1. The van der Waals surface area contributed by atoms with Gasteiger partial charge < -0.3 is 19.8 Å². The van der Waals surface area contributed by atoms with Crippen LogP contribution in [0.3, 0.4) is 0 Å². The van der Waals surface area contributed by atoms with Crippen LogP contribution in [0.25, 0.3) is 0 Å². The fourth-order valence-electron chi connectivity index (χ4n) is 4.69. The maximum Gasteiger partial charge on any atom is 1.00 e. The van der Waals surface area contributed by atoms with Gasteiger partial charge in [-0.1, -0.05) is 91.0 Å². The minimum atomic E-state index is -1.40. The summed E-state index contributed by atoms with van der Waals surface area (Å²) >= 11 is 0. The number of carbonyl (C=O) groups excluding carboxylic acids is 2. The Kier molecular flexibility index (Phi) is 7.23. The van der Waals surface area contributed by atoms with Crippen molar-refractivity contribution in [2.24, 2.45) is 7.05 Å². The number of hydrogen-bond acceptors (Lipinski definition) is 5. The number of aromatic nitrogens is 2. The predicted octanol–water partition coefficient (Wildman–Crippen LogP) is -0.598. The molecule has 2 heterocycles. The van der Waals surface area contributed by atoms with E-state index in [0.29, 0.717) is 12.4 Å². The molecular weight excluding hydrogens is 451 g/mol. The Morgan fingerprint density at radius 3 is 1.74 bits per heavy atom. The molecule has 1 fully saturated rings. The fraction of sp³-hybridized carbons (Fsp3) is 0.148.